The number of aromatic carboxylic acids is 1. The van der Waals surface area contributed by atoms with Gasteiger partial charge in [-0.1, -0.05) is 12.1 Å². The van der Waals surface area contributed by atoms with Crippen molar-refractivity contribution in [3.63, 3.8) is 0 Å². The number of carbonyl (C=O) groups excluding carboxylic acids is 1. The van der Waals surface area contributed by atoms with E-state index >= 15 is 0 Å². The SMILES string of the molecule is O=C(O)c1ccccc1C(=O)OCCC(F)(F)C(F)(F)C(F)(F)C(F)(F)C(F)(F)C(F)(F)C(F)(F)C(F)(F)F. The summed E-state index contributed by atoms with van der Waals surface area (Å²) in [6.45, 7) is -2.18. The van der Waals surface area contributed by atoms with Gasteiger partial charge in [0, 0.05) is 0 Å². The molecule has 0 aliphatic carbocycles. The average molecular weight is 612 g/mol. The highest BCUT2D eigenvalue weighted by Crippen LogP contribution is 2.64. The highest BCUT2D eigenvalue weighted by Gasteiger charge is 2.95. The summed E-state index contributed by atoms with van der Waals surface area (Å²) in [4.78, 5) is 22.7. The van der Waals surface area contributed by atoms with Gasteiger partial charge in [0.05, 0.1) is 24.2 Å². The Balaban J connectivity index is 3.33. The molecule has 39 heavy (non-hydrogen) atoms. The largest absolute Gasteiger partial charge is 0.478 e. The molecule has 0 heterocycles. The van der Waals surface area contributed by atoms with Crippen LogP contribution in [0.25, 0.3) is 0 Å². The number of halogens is 17. The van der Waals surface area contributed by atoms with Crippen LogP contribution in [0.5, 0.6) is 0 Å². The lowest BCUT2D eigenvalue weighted by Gasteiger charge is -2.42. The van der Waals surface area contributed by atoms with Crippen LogP contribution in [0.1, 0.15) is 27.1 Å². The fraction of sp³-hybridized carbons (Fsp3) is 0.556. The summed E-state index contributed by atoms with van der Waals surface area (Å²) in [5.41, 5.74) is -1.84. The minimum atomic E-state index is -8.74. The minimum absolute atomic E-state index is 0.659. The second-order valence-corrected chi connectivity index (χ2v) is 7.39. The first-order valence-electron chi connectivity index (χ1n) is 9.27. The fourth-order valence-corrected chi connectivity index (χ4v) is 2.55. The molecule has 1 aromatic rings. The van der Waals surface area contributed by atoms with Crippen LogP contribution in [0.15, 0.2) is 24.3 Å². The molecular weight excluding hydrogens is 603 g/mol. The van der Waals surface area contributed by atoms with Gasteiger partial charge in [-0.2, -0.15) is 74.6 Å². The molecule has 0 bridgehead atoms. The second kappa shape index (κ2) is 9.86. The van der Waals surface area contributed by atoms with Crippen molar-refractivity contribution in [2.24, 2.45) is 0 Å². The summed E-state index contributed by atoms with van der Waals surface area (Å²) >= 11 is 0. The number of esters is 1. The predicted molar refractivity (Wildman–Crippen MR) is 89.0 cm³/mol. The van der Waals surface area contributed by atoms with E-state index in [0.29, 0.717) is 6.07 Å². The average Bonchev–Trinajstić information content (AvgIpc) is 2.77. The smallest absolute Gasteiger partial charge is 0.460 e. The first-order chi connectivity index (χ1) is 17.1. The molecule has 0 atom stereocenters. The number of carbonyl (C=O) groups is 2. The monoisotopic (exact) mass is 612 g/mol. The van der Waals surface area contributed by atoms with Crippen LogP contribution in [0.4, 0.5) is 74.6 Å². The summed E-state index contributed by atoms with van der Waals surface area (Å²) in [7, 11) is 0. The second-order valence-electron chi connectivity index (χ2n) is 7.39. The number of benzene rings is 1. The molecule has 0 saturated heterocycles. The van der Waals surface area contributed by atoms with Crippen LogP contribution in [-0.4, -0.2) is 71.3 Å². The molecule has 0 spiro atoms. The molecule has 1 rings (SSSR count). The van der Waals surface area contributed by atoms with Gasteiger partial charge in [-0.15, -0.1) is 0 Å². The van der Waals surface area contributed by atoms with Crippen molar-refractivity contribution in [3.8, 4) is 0 Å². The number of hydrogen-bond acceptors (Lipinski definition) is 3. The Hall–Kier alpha value is -3.03. The fourth-order valence-electron chi connectivity index (χ4n) is 2.55. The Morgan fingerprint density at radius 3 is 1.33 bits per heavy atom. The molecule has 0 aromatic heterocycles. The minimum Gasteiger partial charge on any atom is -0.478 e. The van der Waals surface area contributed by atoms with Crippen molar-refractivity contribution in [2.75, 3.05) is 6.61 Å². The van der Waals surface area contributed by atoms with Gasteiger partial charge in [0.25, 0.3) is 0 Å². The molecule has 0 amide bonds. The predicted octanol–water partition coefficient (Wildman–Crippen LogP) is 6.94. The Kier molecular flexibility index (Phi) is 8.60. The highest BCUT2D eigenvalue weighted by molar-refractivity contribution is 6.02. The van der Waals surface area contributed by atoms with Gasteiger partial charge in [-0.25, -0.2) is 9.59 Å². The summed E-state index contributed by atoms with van der Waals surface area (Å²) in [6, 6.07) is 3.35. The normalized spacial score (nSPS) is 14.8. The third-order valence-corrected chi connectivity index (χ3v) is 4.81. The molecule has 4 nitrogen and oxygen atoms in total. The summed E-state index contributed by atoms with van der Waals surface area (Å²) in [6.07, 6.45) is -10.8. The number of alkyl halides is 17. The number of carboxylic acid groups (broad SMARTS) is 1. The van der Waals surface area contributed by atoms with Crippen molar-refractivity contribution < 1.29 is 94.1 Å². The molecule has 0 fully saturated rings. The van der Waals surface area contributed by atoms with E-state index in [1.54, 1.807) is 0 Å². The lowest BCUT2D eigenvalue weighted by atomic mass is 9.88. The zero-order chi connectivity index (χ0) is 31.3. The molecule has 21 heteroatoms. The van der Waals surface area contributed by atoms with E-state index in [4.69, 9.17) is 5.11 Å². The third-order valence-electron chi connectivity index (χ3n) is 4.81. The standard InChI is InChI=1S/C18H9F17O4/c19-11(20,5-6-39-10(38)8-4-2-1-3-7(8)9(36)37)12(21,22)13(23,24)14(25,26)15(27,28)16(29,30)17(31,32)18(33,34)35/h1-4H,5-6H2,(H,36,37). The van der Waals surface area contributed by atoms with Crippen LogP contribution in [-0.2, 0) is 4.74 Å². The maximum Gasteiger partial charge on any atom is 0.460 e. The molecule has 0 saturated carbocycles. The maximum atomic E-state index is 13.8. The van der Waals surface area contributed by atoms with Crippen molar-refractivity contribution in [1.29, 1.82) is 0 Å². The summed E-state index contributed by atoms with van der Waals surface area (Å²) in [5, 5.41) is 8.85. The first-order valence-corrected chi connectivity index (χ1v) is 9.27. The topological polar surface area (TPSA) is 63.6 Å². The maximum absolute atomic E-state index is 13.8. The van der Waals surface area contributed by atoms with Gasteiger partial charge in [-0.3, -0.25) is 0 Å². The highest BCUT2D eigenvalue weighted by atomic mass is 19.4. The Labute approximate surface area is 203 Å². The van der Waals surface area contributed by atoms with Crippen LogP contribution in [0, 0.1) is 0 Å². The number of rotatable bonds is 11. The Bertz CT molecular complexity index is 1080. The van der Waals surface area contributed by atoms with Gasteiger partial charge >= 0.3 is 59.6 Å². The Morgan fingerprint density at radius 1 is 0.590 bits per heavy atom. The molecular formula is C18H9F17O4. The molecule has 0 aliphatic heterocycles. The van der Waals surface area contributed by atoms with Crippen molar-refractivity contribution in [1.82, 2.24) is 0 Å². The lowest BCUT2D eigenvalue weighted by molar-refractivity contribution is -0.461. The number of ether oxygens (including phenoxy) is 1. The van der Waals surface area contributed by atoms with Crippen LogP contribution >= 0.6 is 0 Å². The Morgan fingerprint density at radius 2 is 0.949 bits per heavy atom. The first kappa shape index (κ1) is 34.0. The quantitative estimate of drug-likeness (QED) is 0.217. The van der Waals surface area contributed by atoms with Crippen LogP contribution in [0.2, 0.25) is 0 Å². The molecule has 0 aliphatic rings. The van der Waals surface area contributed by atoms with Gasteiger partial charge in [-0.05, 0) is 12.1 Å². The van der Waals surface area contributed by atoms with E-state index in [9.17, 15) is 84.2 Å². The van der Waals surface area contributed by atoms with Gasteiger partial charge in [0.2, 0.25) is 0 Å². The lowest BCUT2D eigenvalue weighted by Crippen LogP contribution is -2.74. The molecule has 1 N–H and O–H groups in total. The van der Waals surface area contributed by atoms with Crippen molar-refractivity contribution in [3.05, 3.63) is 35.4 Å². The van der Waals surface area contributed by atoms with Gasteiger partial charge in [0.15, 0.2) is 0 Å². The molecule has 224 valence electrons. The van der Waals surface area contributed by atoms with E-state index in [2.05, 4.69) is 4.74 Å². The summed E-state index contributed by atoms with van der Waals surface area (Å²) in [5.74, 6) is -61.1. The van der Waals surface area contributed by atoms with E-state index in [1.165, 1.54) is 0 Å². The third kappa shape index (κ3) is 5.14. The number of carboxylic acids is 1. The summed E-state index contributed by atoms with van der Waals surface area (Å²) < 4.78 is 228. The zero-order valence-electron chi connectivity index (χ0n) is 17.8. The van der Waals surface area contributed by atoms with Gasteiger partial charge in [0.1, 0.15) is 0 Å². The number of hydrogen-bond donors (Lipinski definition) is 1. The van der Waals surface area contributed by atoms with E-state index < -0.39 is 83.7 Å². The zero-order valence-corrected chi connectivity index (χ0v) is 17.8. The van der Waals surface area contributed by atoms with E-state index in [-0.39, 0.29) is 0 Å². The molecule has 0 radical (unpaired) electrons. The van der Waals surface area contributed by atoms with Crippen molar-refractivity contribution in [2.45, 2.75) is 54.1 Å². The van der Waals surface area contributed by atoms with Crippen LogP contribution in [0.3, 0.4) is 0 Å². The van der Waals surface area contributed by atoms with Crippen LogP contribution < -0.4 is 0 Å². The van der Waals surface area contributed by atoms with Crippen molar-refractivity contribution >= 4 is 11.9 Å². The molecule has 0 unspecified atom stereocenters. The molecule has 1 aromatic carbocycles. The van der Waals surface area contributed by atoms with Gasteiger partial charge < -0.3 is 9.84 Å². The van der Waals surface area contributed by atoms with E-state index in [1.807, 2.05) is 0 Å². The van der Waals surface area contributed by atoms with E-state index in [0.717, 1.165) is 18.2 Å².